The number of rotatable bonds is 5. The molecule has 9 heteroatoms. The predicted molar refractivity (Wildman–Crippen MR) is 110 cm³/mol. The third-order valence-corrected chi connectivity index (χ3v) is 5.47. The molecule has 1 unspecified atom stereocenters. The van der Waals surface area contributed by atoms with Gasteiger partial charge >= 0.3 is 0 Å². The van der Waals surface area contributed by atoms with Crippen molar-refractivity contribution in [1.29, 1.82) is 0 Å². The van der Waals surface area contributed by atoms with Crippen molar-refractivity contribution in [2.45, 2.75) is 32.0 Å². The van der Waals surface area contributed by atoms with Gasteiger partial charge in [0.2, 0.25) is 0 Å². The van der Waals surface area contributed by atoms with Crippen LogP contribution in [0.5, 0.6) is 5.75 Å². The molecular weight excluding hydrogens is 389 g/mol. The van der Waals surface area contributed by atoms with Crippen LogP contribution in [0.15, 0.2) is 45.5 Å². The Bertz CT molecular complexity index is 1030. The number of likely N-dealkylation sites (tertiary alicyclic amines) is 1. The highest BCUT2D eigenvalue weighted by atomic mass is 19.1. The van der Waals surface area contributed by atoms with Crippen LogP contribution in [-0.2, 0) is 4.79 Å². The van der Waals surface area contributed by atoms with Gasteiger partial charge in [-0.3, -0.25) is 19.5 Å². The highest BCUT2D eigenvalue weighted by Crippen LogP contribution is 2.26. The Morgan fingerprint density at radius 3 is 2.93 bits per heavy atom. The molecule has 3 aliphatic heterocycles. The molecular formula is C21H22FN5O3. The summed E-state index contributed by atoms with van der Waals surface area (Å²) in [5.41, 5.74) is 1.99. The number of hydrogen-bond donors (Lipinski definition) is 1. The van der Waals surface area contributed by atoms with Gasteiger partial charge in [0.15, 0.2) is 11.5 Å². The number of ether oxygens (including phenoxy) is 1. The van der Waals surface area contributed by atoms with Gasteiger partial charge in [0.25, 0.3) is 11.8 Å². The lowest BCUT2D eigenvalue weighted by molar-refractivity contribution is -0.114. The first-order chi connectivity index (χ1) is 14.4. The monoisotopic (exact) mass is 411 g/mol. The second kappa shape index (κ2) is 7.91. The maximum absolute atomic E-state index is 14.1. The summed E-state index contributed by atoms with van der Waals surface area (Å²) in [4.78, 5) is 38.0. The summed E-state index contributed by atoms with van der Waals surface area (Å²) in [5, 5.41) is 2.34. The fraction of sp³-hybridized carbons (Fsp3) is 0.381. The quantitative estimate of drug-likeness (QED) is 0.789. The first kappa shape index (κ1) is 20.1. The van der Waals surface area contributed by atoms with E-state index in [1.165, 1.54) is 19.3 Å². The lowest BCUT2D eigenvalue weighted by atomic mass is 9.97. The van der Waals surface area contributed by atoms with Gasteiger partial charge in [-0.15, -0.1) is 0 Å². The number of carbonyl (C=O) groups excluding carboxylic acids is 2. The van der Waals surface area contributed by atoms with E-state index >= 15 is 0 Å². The summed E-state index contributed by atoms with van der Waals surface area (Å²) in [6.07, 6.45) is 6.79. The largest absolute Gasteiger partial charge is 0.486 e. The van der Waals surface area contributed by atoms with Crippen LogP contribution in [0.1, 0.15) is 24.3 Å². The third kappa shape index (κ3) is 3.80. The Balaban J connectivity index is 1.35. The molecule has 1 fully saturated rings. The Morgan fingerprint density at radius 1 is 1.43 bits per heavy atom. The van der Waals surface area contributed by atoms with Crippen LogP contribution in [0, 0.1) is 5.82 Å². The molecule has 1 N–H and O–H groups in total. The van der Waals surface area contributed by atoms with Crippen LogP contribution in [0.3, 0.4) is 0 Å². The summed E-state index contributed by atoms with van der Waals surface area (Å²) in [7, 11) is 1.42. The van der Waals surface area contributed by atoms with Crippen molar-refractivity contribution in [3.63, 3.8) is 0 Å². The second-order valence-electron chi connectivity index (χ2n) is 7.54. The first-order valence-electron chi connectivity index (χ1n) is 9.69. The average Bonchev–Trinajstić information content (AvgIpc) is 2.73. The van der Waals surface area contributed by atoms with Gasteiger partial charge in [0.1, 0.15) is 17.9 Å². The number of dihydropyridines is 2. The minimum atomic E-state index is -0.721. The number of aliphatic imine (C=N–C) groups is 2. The molecule has 156 valence electrons. The fourth-order valence-electron chi connectivity index (χ4n) is 3.56. The van der Waals surface area contributed by atoms with Crippen molar-refractivity contribution < 1.29 is 18.7 Å². The van der Waals surface area contributed by atoms with E-state index < -0.39 is 11.7 Å². The van der Waals surface area contributed by atoms with Crippen LogP contribution in [0.2, 0.25) is 0 Å². The van der Waals surface area contributed by atoms with Crippen molar-refractivity contribution in [3.8, 4) is 5.75 Å². The van der Waals surface area contributed by atoms with Gasteiger partial charge in [-0.1, -0.05) is 0 Å². The number of nitrogens with one attached hydrogen (secondary N) is 1. The molecule has 1 aromatic heterocycles. The molecule has 4 rings (SSSR count). The Kier molecular flexibility index (Phi) is 5.29. The van der Waals surface area contributed by atoms with Crippen molar-refractivity contribution in [1.82, 2.24) is 15.2 Å². The minimum Gasteiger partial charge on any atom is -0.486 e. The van der Waals surface area contributed by atoms with Gasteiger partial charge in [0.05, 0.1) is 11.9 Å². The SMILES string of the molecule is CNC(=O)c1ncc(O[C@H]2CN(CC3=CC4=NC(=O)C(C)=CC4N=C3)[C@@H]2C)cc1F. The normalized spacial score (nSPS) is 25.5. The maximum atomic E-state index is 14.1. The van der Waals surface area contributed by atoms with E-state index in [1.807, 2.05) is 25.3 Å². The molecule has 1 saturated heterocycles. The fourth-order valence-corrected chi connectivity index (χ4v) is 3.56. The van der Waals surface area contributed by atoms with Crippen LogP contribution in [0.4, 0.5) is 4.39 Å². The van der Waals surface area contributed by atoms with Gasteiger partial charge in [-0.05, 0) is 31.6 Å². The molecule has 4 heterocycles. The molecule has 0 saturated carbocycles. The summed E-state index contributed by atoms with van der Waals surface area (Å²) in [6, 6.07) is 1.09. The summed E-state index contributed by atoms with van der Waals surface area (Å²) in [6.45, 7) is 5.06. The number of hydrogen-bond acceptors (Lipinski definition) is 6. The van der Waals surface area contributed by atoms with Crippen molar-refractivity contribution in [2.75, 3.05) is 20.1 Å². The van der Waals surface area contributed by atoms with E-state index in [2.05, 4.69) is 25.2 Å². The van der Waals surface area contributed by atoms with E-state index in [-0.39, 0.29) is 35.5 Å². The highest BCUT2D eigenvalue weighted by Gasteiger charge is 2.38. The Labute approximate surface area is 173 Å². The van der Waals surface area contributed by atoms with Crippen LogP contribution in [-0.4, -0.2) is 71.9 Å². The van der Waals surface area contributed by atoms with Crippen LogP contribution >= 0.6 is 0 Å². The molecule has 0 spiro atoms. The smallest absolute Gasteiger partial charge is 0.272 e. The lowest BCUT2D eigenvalue weighted by Gasteiger charge is -2.46. The number of pyridine rings is 1. The maximum Gasteiger partial charge on any atom is 0.272 e. The number of amides is 2. The number of fused-ring (bicyclic) bond motifs is 1. The molecule has 3 atom stereocenters. The summed E-state index contributed by atoms with van der Waals surface area (Å²) >= 11 is 0. The summed E-state index contributed by atoms with van der Waals surface area (Å²) < 4.78 is 19.9. The molecule has 0 aliphatic carbocycles. The number of aromatic nitrogens is 1. The topological polar surface area (TPSA) is 96.2 Å². The molecule has 3 aliphatic rings. The highest BCUT2D eigenvalue weighted by molar-refractivity contribution is 6.16. The Hall–Kier alpha value is -3.20. The van der Waals surface area contributed by atoms with E-state index in [0.29, 0.717) is 24.4 Å². The van der Waals surface area contributed by atoms with Gasteiger partial charge in [-0.2, -0.15) is 0 Å². The lowest BCUT2D eigenvalue weighted by Crippen LogP contribution is -2.61. The molecule has 0 aromatic carbocycles. The van der Waals surface area contributed by atoms with Crippen molar-refractivity contribution in [3.05, 3.63) is 47.1 Å². The van der Waals surface area contributed by atoms with E-state index in [1.54, 1.807) is 6.92 Å². The zero-order valence-electron chi connectivity index (χ0n) is 16.9. The van der Waals surface area contributed by atoms with E-state index in [4.69, 9.17) is 4.74 Å². The predicted octanol–water partition coefficient (Wildman–Crippen LogP) is 1.34. The molecule has 2 amide bonds. The van der Waals surface area contributed by atoms with Crippen molar-refractivity contribution in [2.24, 2.45) is 9.98 Å². The molecule has 30 heavy (non-hydrogen) atoms. The number of halogens is 1. The van der Waals surface area contributed by atoms with E-state index in [0.717, 1.165) is 5.57 Å². The van der Waals surface area contributed by atoms with Gasteiger partial charge in [0, 0.05) is 44.0 Å². The van der Waals surface area contributed by atoms with Crippen molar-refractivity contribution >= 4 is 23.7 Å². The third-order valence-electron chi connectivity index (χ3n) is 5.47. The zero-order valence-corrected chi connectivity index (χ0v) is 16.9. The van der Waals surface area contributed by atoms with Gasteiger partial charge in [-0.25, -0.2) is 14.4 Å². The number of nitrogens with zero attached hydrogens (tertiary/aromatic N) is 4. The first-order valence-corrected chi connectivity index (χ1v) is 9.69. The minimum absolute atomic E-state index is 0.0933. The van der Waals surface area contributed by atoms with Crippen LogP contribution in [0.25, 0.3) is 0 Å². The molecule has 8 nitrogen and oxygen atoms in total. The van der Waals surface area contributed by atoms with Crippen LogP contribution < -0.4 is 10.1 Å². The Morgan fingerprint density at radius 2 is 2.23 bits per heavy atom. The average molecular weight is 411 g/mol. The summed E-state index contributed by atoms with van der Waals surface area (Å²) in [5.74, 6) is -1.24. The zero-order chi connectivity index (χ0) is 21.4. The standard InChI is InChI=1S/C21H22FN5O3/c1-11-4-16-17(26-20(11)28)5-13(7-24-16)9-27-10-18(12(27)2)30-14-6-15(22)19(25-8-14)21(29)23-3/h4-8,12,16,18H,9-10H2,1-3H3,(H,23,29)/t12-,16?,18+/m1/s1. The van der Waals surface area contributed by atoms with E-state index in [9.17, 15) is 14.0 Å². The molecule has 0 radical (unpaired) electrons. The van der Waals surface area contributed by atoms with Gasteiger partial charge < -0.3 is 10.1 Å². The molecule has 0 bridgehead atoms. The number of carbonyl (C=O) groups is 2. The molecule has 1 aromatic rings. The second-order valence-corrected chi connectivity index (χ2v) is 7.54.